The summed E-state index contributed by atoms with van der Waals surface area (Å²) in [5.41, 5.74) is 3.11. The van der Waals surface area contributed by atoms with Gasteiger partial charge in [-0.2, -0.15) is 11.8 Å². The Hall–Kier alpha value is -2.11. The molecule has 26 heavy (non-hydrogen) atoms. The number of para-hydroxylation sites is 2. The van der Waals surface area contributed by atoms with Crippen molar-refractivity contribution in [3.63, 3.8) is 0 Å². The molecule has 0 bridgehead atoms. The van der Waals surface area contributed by atoms with Crippen LogP contribution in [0.25, 0.3) is 11.0 Å². The lowest BCUT2D eigenvalue weighted by molar-refractivity contribution is 0.0760. The number of hydrogen-bond donors (Lipinski definition) is 0. The zero-order valence-corrected chi connectivity index (χ0v) is 15.7. The minimum Gasteiger partial charge on any atom is -0.336 e. The van der Waals surface area contributed by atoms with Crippen molar-refractivity contribution in [1.29, 1.82) is 0 Å². The Morgan fingerprint density at radius 3 is 2.69 bits per heavy atom. The van der Waals surface area contributed by atoms with Gasteiger partial charge in [-0.1, -0.05) is 41.9 Å². The molecule has 132 valence electrons. The molecule has 1 unspecified atom stereocenters. The van der Waals surface area contributed by atoms with Crippen LogP contribution in [-0.2, 0) is 0 Å². The average Bonchev–Trinajstić information content (AvgIpc) is 2.93. The van der Waals surface area contributed by atoms with E-state index in [-0.39, 0.29) is 5.91 Å². The number of carbonyl (C=O) groups excluding carboxylic acids is 1. The van der Waals surface area contributed by atoms with Gasteiger partial charge in [0.25, 0.3) is 5.91 Å². The van der Waals surface area contributed by atoms with Crippen molar-refractivity contribution in [2.75, 3.05) is 18.8 Å². The highest BCUT2D eigenvalue weighted by atomic mass is 35.5. The van der Waals surface area contributed by atoms with Gasteiger partial charge in [0.15, 0.2) is 0 Å². The van der Waals surface area contributed by atoms with Gasteiger partial charge in [-0.25, -0.2) is 4.98 Å². The number of rotatable bonds is 2. The van der Waals surface area contributed by atoms with Crippen LogP contribution in [0.5, 0.6) is 0 Å². The summed E-state index contributed by atoms with van der Waals surface area (Å²) >= 11 is 8.20. The highest BCUT2D eigenvalue weighted by Gasteiger charge is 2.24. The van der Waals surface area contributed by atoms with Crippen molar-refractivity contribution in [3.05, 3.63) is 71.0 Å². The van der Waals surface area contributed by atoms with Crippen molar-refractivity contribution >= 4 is 40.3 Å². The van der Waals surface area contributed by atoms with Crippen molar-refractivity contribution in [2.45, 2.75) is 11.7 Å². The van der Waals surface area contributed by atoms with Crippen LogP contribution in [0.4, 0.5) is 0 Å². The molecule has 1 aliphatic rings. The van der Waals surface area contributed by atoms with E-state index in [1.165, 1.54) is 0 Å². The van der Waals surface area contributed by atoms with Crippen molar-refractivity contribution in [1.82, 2.24) is 14.9 Å². The molecule has 2 aromatic carbocycles. The lowest BCUT2D eigenvalue weighted by atomic mass is 10.1. The highest BCUT2D eigenvalue weighted by molar-refractivity contribution is 7.99. The van der Waals surface area contributed by atoms with Crippen LogP contribution in [0, 0.1) is 0 Å². The molecule has 1 amide bonds. The van der Waals surface area contributed by atoms with E-state index in [0.29, 0.717) is 24.0 Å². The Labute approximate surface area is 161 Å². The monoisotopic (exact) mass is 383 g/mol. The van der Waals surface area contributed by atoms with Crippen molar-refractivity contribution in [2.24, 2.45) is 0 Å². The Morgan fingerprint density at radius 1 is 1.08 bits per heavy atom. The van der Waals surface area contributed by atoms with Gasteiger partial charge in [-0.3, -0.25) is 9.78 Å². The fourth-order valence-electron chi connectivity index (χ4n) is 3.18. The molecule has 1 aromatic heterocycles. The summed E-state index contributed by atoms with van der Waals surface area (Å²) in [6, 6.07) is 15.6. The van der Waals surface area contributed by atoms with E-state index in [0.717, 1.165) is 33.8 Å². The summed E-state index contributed by atoms with van der Waals surface area (Å²) in [4.78, 5) is 23.6. The van der Waals surface area contributed by atoms with Gasteiger partial charge < -0.3 is 4.90 Å². The first-order valence-corrected chi connectivity index (χ1v) is 10.0. The normalized spacial score (nSPS) is 17.9. The minimum absolute atomic E-state index is 0.0522. The van der Waals surface area contributed by atoms with Crippen LogP contribution in [0.15, 0.2) is 54.7 Å². The maximum Gasteiger partial charge on any atom is 0.274 e. The van der Waals surface area contributed by atoms with E-state index in [4.69, 9.17) is 11.6 Å². The van der Waals surface area contributed by atoms with E-state index in [2.05, 4.69) is 16.0 Å². The minimum atomic E-state index is -0.0522. The first-order valence-electron chi connectivity index (χ1n) is 8.59. The van der Waals surface area contributed by atoms with E-state index in [1.54, 1.807) is 6.20 Å². The molecule has 1 saturated heterocycles. The second kappa shape index (κ2) is 7.64. The van der Waals surface area contributed by atoms with E-state index >= 15 is 0 Å². The van der Waals surface area contributed by atoms with Crippen molar-refractivity contribution in [3.8, 4) is 0 Å². The number of benzene rings is 2. The smallest absolute Gasteiger partial charge is 0.274 e. The van der Waals surface area contributed by atoms with Crippen LogP contribution in [0.1, 0.15) is 27.7 Å². The van der Waals surface area contributed by atoms with Crippen LogP contribution < -0.4 is 0 Å². The maximum absolute atomic E-state index is 12.9. The molecule has 4 nitrogen and oxygen atoms in total. The van der Waals surface area contributed by atoms with Gasteiger partial charge in [0.05, 0.1) is 17.2 Å². The molecule has 3 aromatic rings. The van der Waals surface area contributed by atoms with Crippen LogP contribution in [0.2, 0.25) is 5.02 Å². The molecule has 1 fully saturated rings. The number of nitrogens with zero attached hydrogens (tertiary/aromatic N) is 3. The SMILES string of the molecule is O=C(c1cnc2ccccc2n1)N1CCSC(c2ccccc2Cl)CC1. The predicted molar refractivity (Wildman–Crippen MR) is 107 cm³/mol. The second-order valence-electron chi connectivity index (χ2n) is 6.21. The third-order valence-corrected chi connectivity index (χ3v) is 6.20. The Morgan fingerprint density at radius 2 is 1.85 bits per heavy atom. The third kappa shape index (κ3) is 3.55. The number of amides is 1. The molecule has 0 spiro atoms. The van der Waals surface area contributed by atoms with Crippen LogP contribution in [-0.4, -0.2) is 39.6 Å². The molecule has 2 heterocycles. The van der Waals surface area contributed by atoms with E-state index in [1.807, 2.05) is 59.1 Å². The summed E-state index contributed by atoms with van der Waals surface area (Å²) in [5, 5.41) is 1.11. The number of carbonyl (C=O) groups is 1. The molecular weight excluding hydrogens is 366 g/mol. The molecular formula is C20H18ClN3OS. The second-order valence-corrected chi connectivity index (χ2v) is 7.92. The van der Waals surface area contributed by atoms with E-state index in [9.17, 15) is 4.79 Å². The Kier molecular flexibility index (Phi) is 5.09. The molecule has 1 atom stereocenters. The largest absolute Gasteiger partial charge is 0.336 e. The molecule has 0 aliphatic carbocycles. The average molecular weight is 384 g/mol. The Bertz CT molecular complexity index is 949. The zero-order valence-electron chi connectivity index (χ0n) is 14.1. The fourth-order valence-corrected chi connectivity index (χ4v) is 4.78. The first kappa shape index (κ1) is 17.3. The number of thioether (sulfide) groups is 1. The number of fused-ring (bicyclic) bond motifs is 1. The number of halogens is 1. The van der Waals surface area contributed by atoms with Crippen molar-refractivity contribution < 1.29 is 4.79 Å². The molecule has 0 radical (unpaired) electrons. The molecule has 0 N–H and O–H groups in total. The molecule has 6 heteroatoms. The van der Waals surface area contributed by atoms with Gasteiger partial charge in [-0.05, 0) is 30.2 Å². The van der Waals surface area contributed by atoms with Gasteiger partial charge in [0.2, 0.25) is 0 Å². The third-order valence-electron chi connectivity index (χ3n) is 4.55. The number of aromatic nitrogens is 2. The van der Waals surface area contributed by atoms with Gasteiger partial charge in [0.1, 0.15) is 5.69 Å². The van der Waals surface area contributed by atoms with Gasteiger partial charge >= 0.3 is 0 Å². The summed E-state index contributed by atoms with van der Waals surface area (Å²) in [7, 11) is 0. The molecule has 4 rings (SSSR count). The summed E-state index contributed by atoms with van der Waals surface area (Å²) in [6.45, 7) is 1.40. The van der Waals surface area contributed by atoms with E-state index < -0.39 is 0 Å². The van der Waals surface area contributed by atoms with Crippen LogP contribution >= 0.6 is 23.4 Å². The fraction of sp³-hybridized carbons (Fsp3) is 0.250. The molecule has 0 saturated carbocycles. The summed E-state index contributed by atoms with van der Waals surface area (Å²) in [6.07, 6.45) is 2.45. The zero-order chi connectivity index (χ0) is 17.9. The first-order chi connectivity index (χ1) is 12.7. The highest BCUT2D eigenvalue weighted by Crippen LogP contribution is 2.37. The van der Waals surface area contributed by atoms with Crippen LogP contribution in [0.3, 0.4) is 0 Å². The lowest BCUT2D eigenvalue weighted by Gasteiger charge is -2.20. The quantitative estimate of drug-likeness (QED) is 0.648. The predicted octanol–water partition coefficient (Wildman–Crippen LogP) is 4.60. The van der Waals surface area contributed by atoms with Gasteiger partial charge in [0, 0.05) is 29.1 Å². The topological polar surface area (TPSA) is 46.1 Å². The van der Waals surface area contributed by atoms with Gasteiger partial charge in [-0.15, -0.1) is 0 Å². The maximum atomic E-state index is 12.9. The number of hydrogen-bond acceptors (Lipinski definition) is 4. The summed E-state index contributed by atoms with van der Waals surface area (Å²) in [5.74, 6) is 0.825. The summed E-state index contributed by atoms with van der Waals surface area (Å²) < 4.78 is 0. The molecule has 1 aliphatic heterocycles. The lowest BCUT2D eigenvalue weighted by Crippen LogP contribution is -2.33. The standard InChI is InChI=1S/C20H18ClN3OS/c21-15-6-2-1-5-14(15)19-9-10-24(11-12-26-19)20(25)18-13-22-16-7-3-4-8-17(16)23-18/h1-8,13,19H,9-12H2. The Balaban J connectivity index is 1.51.